The Hall–Kier alpha value is -2.11. The summed E-state index contributed by atoms with van der Waals surface area (Å²) in [7, 11) is 3.97. The van der Waals surface area contributed by atoms with Crippen molar-refractivity contribution in [3.63, 3.8) is 0 Å². The van der Waals surface area contributed by atoms with Gasteiger partial charge in [0, 0.05) is 18.7 Å². The van der Waals surface area contributed by atoms with E-state index in [1.165, 1.54) is 44.3 Å². The van der Waals surface area contributed by atoms with Crippen LogP contribution in [-0.2, 0) is 6.54 Å². The van der Waals surface area contributed by atoms with Crippen molar-refractivity contribution in [1.29, 1.82) is 0 Å². The summed E-state index contributed by atoms with van der Waals surface area (Å²) in [5.74, 6) is 0.808. The molecule has 0 bridgehead atoms. The molecule has 1 N–H and O–H groups in total. The van der Waals surface area contributed by atoms with Crippen molar-refractivity contribution in [3.8, 4) is 0 Å². The van der Waals surface area contributed by atoms with E-state index in [4.69, 9.17) is 4.42 Å². The molecule has 1 saturated heterocycles. The van der Waals surface area contributed by atoms with Crippen LogP contribution in [0.3, 0.4) is 0 Å². The molecule has 2 aromatic rings. The van der Waals surface area contributed by atoms with E-state index >= 15 is 0 Å². The highest BCUT2D eigenvalue weighted by Crippen LogP contribution is 2.18. The zero-order valence-corrected chi connectivity index (χ0v) is 16.5. The zero-order valence-electron chi connectivity index (χ0n) is 16.5. The first-order valence-corrected chi connectivity index (χ1v) is 9.93. The fourth-order valence-corrected chi connectivity index (χ4v) is 3.62. The second-order valence-electron chi connectivity index (χ2n) is 7.59. The van der Waals surface area contributed by atoms with Gasteiger partial charge in [-0.15, -0.1) is 0 Å². The second kappa shape index (κ2) is 9.72. The average molecular weight is 370 g/mol. The highest BCUT2D eigenvalue weighted by molar-refractivity contribution is 5.94. The molecule has 1 amide bonds. The van der Waals surface area contributed by atoms with Crippen molar-refractivity contribution in [2.45, 2.75) is 38.3 Å². The van der Waals surface area contributed by atoms with E-state index in [1.54, 1.807) is 6.26 Å². The SMILES string of the molecule is CN(C)C(CNC(=O)c1ccc(CN2CCCCCC2)cc1)c1ccco1. The lowest BCUT2D eigenvalue weighted by Gasteiger charge is -2.22. The van der Waals surface area contributed by atoms with Crippen LogP contribution in [0.4, 0.5) is 0 Å². The molecule has 1 aliphatic heterocycles. The maximum Gasteiger partial charge on any atom is 0.251 e. The molecule has 2 heterocycles. The van der Waals surface area contributed by atoms with Crippen molar-refractivity contribution < 1.29 is 9.21 Å². The molecule has 5 nitrogen and oxygen atoms in total. The van der Waals surface area contributed by atoms with Crippen molar-refractivity contribution in [2.75, 3.05) is 33.7 Å². The standard InChI is InChI=1S/C22H31N3O2/c1-24(2)20(21-8-7-15-27-21)16-23-22(26)19-11-9-18(10-12-19)17-25-13-5-3-4-6-14-25/h7-12,15,20H,3-6,13-14,16-17H2,1-2H3,(H,23,26). The highest BCUT2D eigenvalue weighted by atomic mass is 16.3. The summed E-state index contributed by atoms with van der Waals surface area (Å²) >= 11 is 0. The first kappa shape index (κ1) is 19.6. The van der Waals surface area contributed by atoms with Crippen LogP contribution in [0, 0.1) is 0 Å². The molecule has 0 aliphatic carbocycles. The molecule has 0 spiro atoms. The van der Waals surface area contributed by atoms with Gasteiger partial charge in [-0.25, -0.2) is 0 Å². The van der Waals surface area contributed by atoms with E-state index in [2.05, 4.69) is 22.3 Å². The van der Waals surface area contributed by atoms with E-state index in [0.29, 0.717) is 12.1 Å². The van der Waals surface area contributed by atoms with E-state index in [-0.39, 0.29) is 11.9 Å². The fraction of sp³-hybridized carbons (Fsp3) is 0.500. The number of likely N-dealkylation sites (tertiary alicyclic amines) is 1. The number of carbonyl (C=O) groups is 1. The lowest BCUT2D eigenvalue weighted by atomic mass is 10.1. The van der Waals surface area contributed by atoms with Crippen LogP contribution in [0.5, 0.6) is 0 Å². The lowest BCUT2D eigenvalue weighted by Crippen LogP contribution is -2.34. The molecule has 1 aromatic carbocycles. The topological polar surface area (TPSA) is 48.7 Å². The Labute approximate surface area is 162 Å². The van der Waals surface area contributed by atoms with E-state index in [9.17, 15) is 4.79 Å². The Bertz CT molecular complexity index is 687. The van der Waals surface area contributed by atoms with E-state index in [1.807, 2.05) is 43.3 Å². The van der Waals surface area contributed by atoms with Crippen LogP contribution in [0.2, 0.25) is 0 Å². The maximum atomic E-state index is 12.5. The van der Waals surface area contributed by atoms with Gasteiger partial charge >= 0.3 is 0 Å². The predicted molar refractivity (Wildman–Crippen MR) is 108 cm³/mol. The number of rotatable bonds is 7. The summed E-state index contributed by atoms with van der Waals surface area (Å²) in [6, 6.07) is 11.8. The molecule has 1 unspecified atom stereocenters. The number of nitrogens with one attached hydrogen (secondary N) is 1. The molecule has 1 aliphatic rings. The number of hydrogen-bond acceptors (Lipinski definition) is 4. The summed E-state index contributed by atoms with van der Waals surface area (Å²) < 4.78 is 5.49. The Kier molecular flexibility index (Phi) is 7.07. The summed E-state index contributed by atoms with van der Waals surface area (Å²) in [5.41, 5.74) is 1.97. The molecule has 27 heavy (non-hydrogen) atoms. The number of nitrogens with zero attached hydrogens (tertiary/aromatic N) is 2. The number of furan rings is 1. The minimum atomic E-state index is -0.0465. The minimum absolute atomic E-state index is 0.0197. The van der Waals surface area contributed by atoms with Crippen LogP contribution < -0.4 is 5.32 Å². The quantitative estimate of drug-likeness (QED) is 0.809. The van der Waals surface area contributed by atoms with E-state index in [0.717, 1.165) is 12.3 Å². The van der Waals surface area contributed by atoms with Crippen LogP contribution in [0.25, 0.3) is 0 Å². The van der Waals surface area contributed by atoms with Gasteiger partial charge in [0.05, 0.1) is 12.3 Å². The van der Waals surface area contributed by atoms with Crippen LogP contribution in [0.1, 0.15) is 53.4 Å². The van der Waals surface area contributed by atoms with Gasteiger partial charge in [-0.05, 0) is 69.9 Å². The van der Waals surface area contributed by atoms with Crippen LogP contribution in [-0.4, -0.2) is 49.4 Å². The van der Waals surface area contributed by atoms with E-state index < -0.39 is 0 Å². The summed E-state index contributed by atoms with van der Waals surface area (Å²) in [6.07, 6.45) is 6.95. The number of carbonyl (C=O) groups excluding carboxylic acids is 1. The largest absolute Gasteiger partial charge is 0.468 e. The molecule has 5 heteroatoms. The smallest absolute Gasteiger partial charge is 0.251 e. The Morgan fingerprint density at radius 2 is 1.81 bits per heavy atom. The third-order valence-corrected chi connectivity index (χ3v) is 5.27. The molecule has 146 valence electrons. The molecule has 1 aromatic heterocycles. The number of benzene rings is 1. The van der Waals surface area contributed by atoms with Crippen LogP contribution >= 0.6 is 0 Å². The summed E-state index contributed by atoms with van der Waals surface area (Å²) in [4.78, 5) is 17.1. The van der Waals surface area contributed by atoms with Crippen molar-refractivity contribution in [3.05, 3.63) is 59.5 Å². The normalized spacial score (nSPS) is 16.9. The Morgan fingerprint density at radius 1 is 1.11 bits per heavy atom. The molecule has 1 atom stereocenters. The maximum absolute atomic E-state index is 12.5. The predicted octanol–water partition coefficient (Wildman–Crippen LogP) is 3.69. The molecular formula is C22H31N3O2. The van der Waals surface area contributed by atoms with Gasteiger partial charge in [-0.3, -0.25) is 14.6 Å². The number of likely N-dealkylation sites (N-methyl/N-ethyl adjacent to an activating group) is 1. The fourth-order valence-electron chi connectivity index (χ4n) is 3.62. The van der Waals surface area contributed by atoms with Crippen molar-refractivity contribution in [1.82, 2.24) is 15.1 Å². The van der Waals surface area contributed by atoms with Gasteiger partial charge in [-0.1, -0.05) is 25.0 Å². The summed E-state index contributed by atoms with van der Waals surface area (Å²) in [6.45, 7) is 3.85. The third-order valence-electron chi connectivity index (χ3n) is 5.27. The molecule has 0 radical (unpaired) electrons. The van der Waals surface area contributed by atoms with Gasteiger partial charge in [0.15, 0.2) is 0 Å². The van der Waals surface area contributed by atoms with Gasteiger partial charge < -0.3 is 9.73 Å². The molecule has 0 saturated carbocycles. The lowest BCUT2D eigenvalue weighted by molar-refractivity contribution is 0.0939. The Balaban J connectivity index is 1.53. The second-order valence-corrected chi connectivity index (χ2v) is 7.59. The van der Waals surface area contributed by atoms with Gasteiger partial charge in [0.25, 0.3) is 5.91 Å². The van der Waals surface area contributed by atoms with Crippen molar-refractivity contribution in [2.24, 2.45) is 0 Å². The minimum Gasteiger partial charge on any atom is -0.468 e. The first-order chi connectivity index (χ1) is 13.1. The number of amides is 1. The first-order valence-electron chi connectivity index (χ1n) is 9.93. The highest BCUT2D eigenvalue weighted by Gasteiger charge is 2.18. The van der Waals surface area contributed by atoms with Gasteiger partial charge in [-0.2, -0.15) is 0 Å². The van der Waals surface area contributed by atoms with Gasteiger partial charge in [0.2, 0.25) is 0 Å². The molecule has 1 fully saturated rings. The summed E-state index contributed by atoms with van der Waals surface area (Å²) in [5, 5.41) is 3.03. The average Bonchev–Trinajstić information content (AvgIpc) is 3.06. The third kappa shape index (κ3) is 5.68. The molecular weight excluding hydrogens is 338 g/mol. The number of hydrogen-bond donors (Lipinski definition) is 1. The zero-order chi connectivity index (χ0) is 19.1. The van der Waals surface area contributed by atoms with Gasteiger partial charge in [0.1, 0.15) is 5.76 Å². The Morgan fingerprint density at radius 3 is 2.41 bits per heavy atom. The van der Waals surface area contributed by atoms with Crippen molar-refractivity contribution >= 4 is 5.91 Å². The van der Waals surface area contributed by atoms with Crippen LogP contribution in [0.15, 0.2) is 47.1 Å². The molecule has 3 rings (SSSR count). The monoisotopic (exact) mass is 369 g/mol.